The Balaban J connectivity index is 1.59. The van der Waals surface area contributed by atoms with E-state index in [0.29, 0.717) is 18.7 Å². The van der Waals surface area contributed by atoms with E-state index < -0.39 is 0 Å². The van der Waals surface area contributed by atoms with Crippen LogP contribution in [-0.4, -0.2) is 19.6 Å². The Morgan fingerprint density at radius 2 is 1.85 bits per heavy atom. The summed E-state index contributed by atoms with van der Waals surface area (Å²) in [6.45, 7) is 4.31. The van der Waals surface area contributed by atoms with Crippen LogP contribution in [0.3, 0.4) is 0 Å². The minimum absolute atomic E-state index is 0.190. The van der Waals surface area contributed by atoms with E-state index in [2.05, 4.69) is 5.32 Å². The molecule has 1 heterocycles. The molecule has 168 valence electrons. The van der Waals surface area contributed by atoms with Crippen LogP contribution in [0, 0.1) is 12.7 Å². The van der Waals surface area contributed by atoms with E-state index in [9.17, 15) is 9.18 Å². The Kier molecular flexibility index (Phi) is 6.59. The third-order valence-electron chi connectivity index (χ3n) is 5.73. The molecular weight excluding hydrogens is 417 g/mol. The van der Waals surface area contributed by atoms with Crippen LogP contribution in [0.2, 0.25) is 0 Å². The number of furan rings is 1. The number of hydrogen-bond acceptors (Lipinski definition) is 3. The fourth-order valence-corrected chi connectivity index (χ4v) is 4.02. The molecule has 4 nitrogen and oxygen atoms in total. The summed E-state index contributed by atoms with van der Waals surface area (Å²) in [5, 5.41) is 3.87. The van der Waals surface area contributed by atoms with Crippen LogP contribution in [-0.2, 0) is 11.2 Å². The first kappa shape index (κ1) is 22.3. The summed E-state index contributed by atoms with van der Waals surface area (Å²) in [7, 11) is 1.62. The fourth-order valence-electron chi connectivity index (χ4n) is 4.02. The molecule has 0 bridgehead atoms. The van der Waals surface area contributed by atoms with Crippen molar-refractivity contribution in [3.05, 3.63) is 95.5 Å². The normalized spacial score (nSPS) is 11.6. The van der Waals surface area contributed by atoms with E-state index in [0.717, 1.165) is 44.4 Å². The highest BCUT2D eigenvalue weighted by Crippen LogP contribution is 2.40. The van der Waals surface area contributed by atoms with Crippen LogP contribution in [0.5, 0.6) is 5.75 Å². The Morgan fingerprint density at radius 1 is 1.12 bits per heavy atom. The third kappa shape index (κ3) is 4.82. The van der Waals surface area contributed by atoms with E-state index in [1.54, 1.807) is 31.6 Å². The van der Waals surface area contributed by atoms with E-state index >= 15 is 0 Å². The first-order chi connectivity index (χ1) is 16.0. The molecule has 0 radical (unpaired) electrons. The highest BCUT2D eigenvalue weighted by Gasteiger charge is 2.18. The molecule has 4 rings (SSSR count). The molecule has 1 N–H and O–H groups in total. The number of carbonyl (C=O) groups is 1. The molecule has 1 amide bonds. The van der Waals surface area contributed by atoms with Crippen molar-refractivity contribution in [2.45, 2.75) is 20.3 Å². The molecule has 4 aromatic rings. The summed E-state index contributed by atoms with van der Waals surface area (Å²) in [6.07, 6.45) is 3.97. The number of halogens is 1. The maximum Gasteiger partial charge on any atom is 0.244 e. The Labute approximate surface area is 192 Å². The zero-order valence-corrected chi connectivity index (χ0v) is 18.9. The van der Waals surface area contributed by atoms with E-state index in [1.807, 2.05) is 50.2 Å². The molecule has 0 aliphatic rings. The number of methoxy groups -OCH3 is 1. The lowest BCUT2D eigenvalue weighted by molar-refractivity contribution is -0.116. The molecule has 3 aromatic carbocycles. The average Bonchev–Trinajstić information content (AvgIpc) is 3.25. The lowest BCUT2D eigenvalue weighted by Crippen LogP contribution is -2.23. The van der Waals surface area contributed by atoms with Crippen molar-refractivity contribution >= 4 is 22.4 Å². The molecule has 0 unspecified atom stereocenters. The summed E-state index contributed by atoms with van der Waals surface area (Å²) in [5.74, 6) is 0.227. The quantitative estimate of drug-likeness (QED) is 0.340. The van der Waals surface area contributed by atoms with Gasteiger partial charge in [0.1, 0.15) is 17.1 Å². The summed E-state index contributed by atoms with van der Waals surface area (Å²) in [4.78, 5) is 12.6. The van der Waals surface area contributed by atoms with Crippen molar-refractivity contribution in [2.75, 3.05) is 13.7 Å². The number of carbonyl (C=O) groups excluding carboxylic acids is 1. The number of nitrogens with one attached hydrogen (secondary N) is 1. The number of amides is 1. The van der Waals surface area contributed by atoms with E-state index in [1.165, 1.54) is 12.1 Å². The highest BCUT2D eigenvalue weighted by atomic mass is 19.1. The SMILES string of the molecule is COc1c(/C(C)=C/C(=O)NCCc2ccc(F)cc2)cc2c(-c3ccccc3)coc2c1C. The zero-order valence-electron chi connectivity index (χ0n) is 18.9. The van der Waals surface area contributed by atoms with Gasteiger partial charge in [0.2, 0.25) is 5.91 Å². The van der Waals surface area contributed by atoms with Gasteiger partial charge in [-0.05, 0) is 55.2 Å². The van der Waals surface area contributed by atoms with Crippen LogP contribution in [0.25, 0.3) is 27.7 Å². The van der Waals surface area contributed by atoms with Gasteiger partial charge < -0.3 is 14.5 Å². The second-order valence-corrected chi connectivity index (χ2v) is 7.97. The molecule has 0 atom stereocenters. The lowest BCUT2D eigenvalue weighted by atomic mass is 9.96. The molecule has 1 aromatic heterocycles. The molecule has 0 saturated heterocycles. The minimum Gasteiger partial charge on any atom is -0.496 e. The first-order valence-electron chi connectivity index (χ1n) is 10.8. The maximum absolute atomic E-state index is 13.0. The van der Waals surface area contributed by atoms with Gasteiger partial charge in [0.25, 0.3) is 0 Å². The predicted molar refractivity (Wildman–Crippen MR) is 130 cm³/mol. The number of fused-ring (bicyclic) bond motifs is 1. The molecule has 0 fully saturated rings. The van der Waals surface area contributed by atoms with Crippen molar-refractivity contribution in [1.82, 2.24) is 5.32 Å². The number of allylic oxidation sites excluding steroid dienone is 1. The smallest absolute Gasteiger partial charge is 0.244 e. The standard InChI is InChI=1S/C28H26FNO3/c1-18(15-26(31)30-14-13-20-9-11-22(29)12-10-20)23-16-24-25(21-7-5-4-6-8-21)17-33-28(24)19(2)27(23)32-3/h4-12,15-17H,13-14H2,1-3H3,(H,30,31)/b18-15+. The number of ether oxygens (including phenoxy) is 1. The van der Waals surface area contributed by atoms with Crippen molar-refractivity contribution < 1.29 is 18.3 Å². The molecule has 33 heavy (non-hydrogen) atoms. The molecule has 5 heteroatoms. The van der Waals surface area contributed by atoms with Crippen molar-refractivity contribution in [2.24, 2.45) is 0 Å². The maximum atomic E-state index is 13.0. The Morgan fingerprint density at radius 3 is 2.55 bits per heavy atom. The van der Waals surface area contributed by atoms with Gasteiger partial charge in [-0.15, -0.1) is 0 Å². The molecule has 0 aliphatic heterocycles. The van der Waals surface area contributed by atoms with Crippen LogP contribution >= 0.6 is 0 Å². The van der Waals surface area contributed by atoms with Gasteiger partial charge in [0.15, 0.2) is 0 Å². The van der Waals surface area contributed by atoms with Crippen LogP contribution in [0.4, 0.5) is 4.39 Å². The lowest BCUT2D eigenvalue weighted by Gasteiger charge is -2.13. The van der Waals surface area contributed by atoms with E-state index in [4.69, 9.17) is 9.15 Å². The second-order valence-electron chi connectivity index (χ2n) is 7.97. The Bertz CT molecular complexity index is 1300. The highest BCUT2D eigenvalue weighted by molar-refractivity contribution is 6.01. The number of rotatable bonds is 7. The summed E-state index contributed by atoms with van der Waals surface area (Å²) in [5.41, 5.74) is 6.31. The van der Waals surface area contributed by atoms with Crippen molar-refractivity contribution in [1.29, 1.82) is 0 Å². The topological polar surface area (TPSA) is 51.5 Å². The van der Waals surface area contributed by atoms with Crippen LogP contribution in [0.1, 0.15) is 23.6 Å². The monoisotopic (exact) mass is 443 g/mol. The largest absolute Gasteiger partial charge is 0.496 e. The summed E-state index contributed by atoms with van der Waals surface area (Å²) >= 11 is 0. The number of aryl methyl sites for hydroxylation is 1. The van der Waals surface area contributed by atoms with Gasteiger partial charge in [-0.25, -0.2) is 4.39 Å². The molecular formula is C28H26FNO3. The molecule has 0 aliphatic carbocycles. The summed E-state index contributed by atoms with van der Waals surface area (Å²) in [6, 6.07) is 18.4. The first-order valence-corrected chi connectivity index (χ1v) is 10.8. The minimum atomic E-state index is -0.268. The number of benzene rings is 3. The van der Waals surface area contributed by atoms with Crippen LogP contribution < -0.4 is 10.1 Å². The van der Waals surface area contributed by atoms with Crippen molar-refractivity contribution in [3.63, 3.8) is 0 Å². The van der Waals surface area contributed by atoms with Crippen molar-refractivity contribution in [3.8, 4) is 16.9 Å². The van der Waals surface area contributed by atoms with Gasteiger partial charge in [-0.3, -0.25) is 4.79 Å². The second kappa shape index (κ2) is 9.74. The van der Waals surface area contributed by atoms with Gasteiger partial charge in [-0.1, -0.05) is 42.5 Å². The van der Waals surface area contributed by atoms with Gasteiger partial charge in [0.05, 0.1) is 13.4 Å². The van der Waals surface area contributed by atoms with Gasteiger partial charge in [0, 0.05) is 34.7 Å². The Hall–Kier alpha value is -3.86. The third-order valence-corrected chi connectivity index (χ3v) is 5.73. The number of hydrogen-bond donors (Lipinski definition) is 1. The van der Waals surface area contributed by atoms with E-state index in [-0.39, 0.29) is 11.7 Å². The molecule has 0 saturated carbocycles. The molecule has 0 spiro atoms. The summed E-state index contributed by atoms with van der Waals surface area (Å²) < 4.78 is 24.6. The van der Waals surface area contributed by atoms with Gasteiger partial charge >= 0.3 is 0 Å². The van der Waals surface area contributed by atoms with Gasteiger partial charge in [-0.2, -0.15) is 0 Å². The predicted octanol–water partition coefficient (Wildman–Crippen LogP) is 6.32. The van der Waals surface area contributed by atoms with Crippen LogP contribution in [0.15, 0.2) is 77.4 Å². The fraction of sp³-hybridized carbons (Fsp3) is 0.179. The average molecular weight is 444 g/mol. The zero-order chi connectivity index (χ0) is 23.4.